The Morgan fingerprint density at radius 2 is 1.70 bits per heavy atom. The van der Waals surface area contributed by atoms with Crippen LogP contribution in [0.15, 0.2) is 48.5 Å². The molecule has 0 spiro atoms. The highest BCUT2D eigenvalue weighted by Crippen LogP contribution is 2.19. The van der Waals surface area contributed by atoms with Gasteiger partial charge in [0, 0.05) is 18.4 Å². The van der Waals surface area contributed by atoms with Crippen LogP contribution in [-0.4, -0.2) is 40.1 Å². The van der Waals surface area contributed by atoms with Crippen molar-refractivity contribution in [3.63, 3.8) is 0 Å². The molecule has 3 aromatic rings. The van der Waals surface area contributed by atoms with E-state index < -0.39 is 0 Å². The van der Waals surface area contributed by atoms with Crippen LogP contribution in [0.3, 0.4) is 0 Å². The number of nitrogens with zero attached hydrogens (tertiary/aromatic N) is 3. The minimum Gasteiger partial charge on any atom is -0.332 e. The molecule has 0 saturated heterocycles. The summed E-state index contributed by atoms with van der Waals surface area (Å²) in [5.74, 6) is -0.438. The largest absolute Gasteiger partial charge is 0.332 e. The zero-order valence-electron chi connectivity index (χ0n) is 18.2. The summed E-state index contributed by atoms with van der Waals surface area (Å²) in [6.07, 6.45) is 0. The fourth-order valence-corrected chi connectivity index (χ4v) is 3.47. The first-order valence-corrected chi connectivity index (χ1v) is 9.97. The predicted molar refractivity (Wildman–Crippen MR) is 119 cm³/mol. The molecule has 0 bridgehead atoms. The number of aromatic nitrogens is 2. The quantitative estimate of drug-likeness (QED) is 0.678. The molecule has 0 aliphatic carbocycles. The summed E-state index contributed by atoms with van der Waals surface area (Å²) in [5.41, 5.74) is 6.02. The minimum atomic E-state index is -0.230. The van der Waals surface area contributed by atoms with E-state index in [4.69, 9.17) is 0 Å². The van der Waals surface area contributed by atoms with Gasteiger partial charge in [-0.05, 0) is 50.5 Å². The van der Waals surface area contributed by atoms with Crippen LogP contribution in [0.25, 0.3) is 0 Å². The van der Waals surface area contributed by atoms with Crippen molar-refractivity contribution in [3.8, 4) is 0 Å². The van der Waals surface area contributed by atoms with Crippen molar-refractivity contribution < 1.29 is 9.59 Å². The minimum absolute atomic E-state index is 0.0328. The van der Waals surface area contributed by atoms with Gasteiger partial charge in [-0.1, -0.05) is 42.5 Å². The maximum Gasteiger partial charge on any atom is 0.257 e. The Morgan fingerprint density at radius 3 is 2.40 bits per heavy atom. The molecule has 0 radical (unpaired) electrons. The Morgan fingerprint density at radius 1 is 1.00 bits per heavy atom. The van der Waals surface area contributed by atoms with Crippen LogP contribution in [0.2, 0.25) is 0 Å². The van der Waals surface area contributed by atoms with E-state index in [1.54, 1.807) is 7.05 Å². The van der Waals surface area contributed by atoms with Crippen molar-refractivity contribution in [1.29, 1.82) is 0 Å². The van der Waals surface area contributed by atoms with Gasteiger partial charge < -0.3 is 10.2 Å². The topological polar surface area (TPSA) is 67.2 Å². The standard InChI is InChI=1S/C24H28N4O2/c1-16-10-9-13-21(17(16)2)25-22(29)15-27(5)24(30)23-18(3)26-28(19(23)4)14-20-11-7-6-8-12-20/h6-13H,14-15H2,1-5H3,(H,25,29). The Bertz CT molecular complexity index is 1070. The monoisotopic (exact) mass is 404 g/mol. The number of carbonyl (C=O) groups is 2. The van der Waals surface area contributed by atoms with E-state index in [1.165, 1.54) is 4.90 Å². The molecule has 156 valence electrons. The highest BCUT2D eigenvalue weighted by Gasteiger charge is 2.23. The molecule has 2 amide bonds. The van der Waals surface area contributed by atoms with Gasteiger partial charge in [-0.15, -0.1) is 0 Å². The molecule has 1 N–H and O–H groups in total. The lowest BCUT2D eigenvalue weighted by Crippen LogP contribution is -2.35. The lowest BCUT2D eigenvalue weighted by atomic mass is 10.1. The molecule has 30 heavy (non-hydrogen) atoms. The molecule has 0 saturated carbocycles. The third kappa shape index (κ3) is 4.59. The normalized spacial score (nSPS) is 10.7. The molecule has 1 aromatic heterocycles. The number of carbonyl (C=O) groups excluding carboxylic acids is 2. The Kier molecular flexibility index (Phi) is 6.35. The molecule has 2 aromatic carbocycles. The maximum atomic E-state index is 13.1. The van der Waals surface area contributed by atoms with Gasteiger partial charge in [-0.3, -0.25) is 14.3 Å². The second kappa shape index (κ2) is 8.95. The number of anilines is 1. The van der Waals surface area contributed by atoms with Crippen molar-refractivity contribution in [1.82, 2.24) is 14.7 Å². The number of hydrogen-bond donors (Lipinski definition) is 1. The average molecular weight is 405 g/mol. The molecule has 0 unspecified atom stereocenters. The maximum absolute atomic E-state index is 13.1. The zero-order valence-corrected chi connectivity index (χ0v) is 18.2. The van der Waals surface area contributed by atoms with E-state index in [2.05, 4.69) is 10.4 Å². The SMILES string of the molecule is Cc1cccc(NC(=O)CN(C)C(=O)c2c(C)nn(Cc3ccccc3)c2C)c1C. The van der Waals surface area contributed by atoms with E-state index in [0.29, 0.717) is 17.8 Å². The first-order valence-electron chi connectivity index (χ1n) is 9.97. The summed E-state index contributed by atoms with van der Waals surface area (Å²) in [5, 5.41) is 7.45. The fourth-order valence-electron chi connectivity index (χ4n) is 3.47. The molecule has 3 rings (SSSR count). The Labute approximate surface area is 177 Å². The second-order valence-electron chi connectivity index (χ2n) is 7.65. The molecular weight excluding hydrogens is 376 g/mol. The van der Waals surface area contributed by atoms with Crippen LogP contribution in [-0.2, 0) is 11.3 Å². The number of benzene rings is 2. The van der Waals surface area contributed by atoms with Crippen LogP contribution in [0, 0.1) is 27.7 Å². The van der Waals surface area contributed by atoms with Crippen molar-refractivity contribution in [2.75, 3.05) is 18.9 Å². The summed E-state index contributed by atoms with van der Waals surface area (Å²) >= 11 is 0. The molecule has 0 fully saturated rings. The summed E-state index contributed by atoms with van der Waals surface area (Å²) < 4.78 is 1.84. The molecule has 0 aliphatic heterocycles. The number of aryl methyl sites for hydroxylation is 2. The highest BCUT2D eigenvalue weighted by molar-refractivity contribution is 6.00. The van der Waals surface area contributed by atoms with E-state index in [-0.39, 0.29) is 18.4 Å². The predicted octanol–water partition coefficient (Wildman–Crippen LogP) is 3.88. The van der Waals surface area contributed by atoms with Gasteiger partial charge in [0.25, 0.3) is 5.91 Å². The van der Waals surface area contributed by atoms with Crippen LogP contribution in [0.1, 0.15) is 38.4 Å². The third-order valence-corrected chi connectivity index (χ3v) is 5.38. The summed E-state index contributed by atoms with van der Waals surface area (Å²) in [6.45, 7) is 8.24. The zero-order chi connectivity index (χ0) is 21.8. The van der Waals surface area contributed by atoms with Crippen LogP contribution < -0.4 is 5.32 Å². The first-order chi connectivity index (χ1) is 14.3. The molecule has 0 atom stereocenters. The molecule has 0 aliphatic rings. The third-order valence-electron chi connectivity index (χ3n) is 5.38. The number of likely N-dealkylation sites (N-methyl/N-ethyl adjacent to an activating group) is 1. The molecule has 6 nitrogen and oxygen atoms in total. The lowest BCUT2D eigenvalue weighted by molar-refractivity contribution is -0.116. The van der Waals surface area contributed by atoms with Crippen LogP contribution in [0.4, 0.5) is 5.69 Å². The van der Waals surface area contributed by atoms with E-state index >= 15 is 0 Å². The van der Waals surface area contributed by atoms with Crippen molar-refractivity contribution in [2.45, 2.75) is 34.2 Å². The lowest BCUT2D eigenvalue weighted by Gasteiger charge is -2.18. The summed E-state index contributed by atoms with van der Waals surface area (Å²) in [6, 6.07) is 15.8. The van der Waals surface area contributed by atoms with Gasteiger partial charge in [0.15, 0.2) is 0 Å². The number of hydrogen-bond acceptors (Lipinski definition) is 3. The highest BCUT2D eigenvalue weighted by atomic mass is 16.2. The van der Waals surface area contributed by atoms with Crippen LogP contribution in [0.5, 0.6) is 0 Å². The van der Waals surface area contributed by atoms with Gasteiger partial charge in [-0.25, -0.2) is 0 Å². The molecule has 6 heteroatoms. The fraction of sp³-hybridized carbons (Fsp3) is 0.292. The Balaban J connectivity index is 1.71. The van der Waals surface area contributed by atoms with Gasteiger partial charge in [-0.2, -0.15) is 5.10 Å². The van der Waals surface area contributed by atoms with E-state index in [1.807, 2.05) is 80.9 Å². The molecular formula is C24H28N4O2. The van der Waals surface area contributed by atoms with Gasteiger partial charge in [0.2, 0.25) is 5.91 Å². The van der Waals surface area contributed by atoms with Crippen molar-refractivity contribution >= 4 is 17.5 Å². The number of amides is 2. The summed E-state index contributed by atoms with van der Waals surface area (Å²) in [7, 11) is 1.64. The number of nitrogens with one attached hydrogen (secondary N) is 1. The van der Waals surface area contributed by atoms with Crippen molar-refractivity contribution in [2.24, 2.45) is 0 Å². The summed E-state index contributed by atoms with van der Waals surface area (Å²) in [4.78, 5) is 27.0. The Hall–Kier alpha value is -3.41. The van der Waals surface area contributed by atoms with Gasteiger partial charge in [0.1, 0.15) is 0 Å². The van der Waals surface area contributed by atoms with Gasteiger partial charge in [0.05, 0.1) is 24.3 Å². The smallest absolute Gasteiger partial charge is 0.257 e. The average Bonchev–Trinajstić information content (AvgIpc) is 2.98. The van der Waals surface area contributed by atoms with E-state index in [9.17, 15) is 9.59 Å². The second-order valence-corrected chi connectivity index (χ2v) is 7.65. The number of rotatable bonds is 6. The van der Waals surface area contributed by atoms with Crippen LogP contribution >= 0.6 is 0 Å². The van der Waals surface area contributed by atoms with E-state index in [0.717, 1.165) is 28.1 Å². The molecule has 1 heterocycles. The van der Waals surface area contributed by atoms with Crippen molar-refractivity contribution in [3.05, 3.63) is 82.2 Å². The van der Waals surface area contributed by atoms with Gasteiger partial charge >= 0.3 is 0 Å². The first kappa shape index (κ1) is 21.3.